The Bertz CT molecular complexity index is 1250. The minimum Gasteiger partial charge on any atom is -0.454 e. The van der Waals surface area contributed by atoms with Gasteiger partial charge in [-0.05, 0) is 37.6 Å². The third-order valence-electron chi connectivity index (χ3n) is 7.59. The number of imide groups is 1. The van der Waals surface area contributed by atoms with Crippen molar-refractivity contribution in [1.29, 1.82) is 0 Å². The van der Waals surface area contributed by atoms with Crippen LogP contribution in [0.25, 0.3) is 0 Å². The monoisotopic (exact) mass is 451 g/mol. The summed E-state index contributed by atoms with van der Waals surface area (Å²) in [6.45, 7) is 0.755. The molecule has 32 heavy (non-hydrogen) atoms. The number of nitrogens with zero attached hydrogens (tertiary/aromatic N) is 2. The molecule has 1 N–H and O–H groups in total. The van der Waals surface area contributed by atoms with E-state index in [0.717, 1.165) is 12.8 Å². The fraction of sp³-hybridized carbons (Fsp3) is 0.348. The molecule has 5 aliphatic heterocycles. The van der Waals surface area contributed by atoms with Crippen LogP contribution >= 0.6 is 11.6 Å². The first-order valence-electron chi connectivity index (χ1n) is 10.7. The van der Waals surface area contributed by atoms with Crippen molar-refractivity contribution in [2.24, 2.45) is 11.8 Å². The summed E-state index contributed by atoms with van der Waals surface area (Å²) in [4.78, 5) is 44.6. The molecule has 0 aromatic heterocycles. The van der Waals surface area contributed by atoms with Crippen molar-refractivity contribution < 1.29 is 23.9 Å². The third kappa shape index (κ3) is 1.96. The largest absolute Gasteiger partial charge is 0.454 e. The summed E-state index contributed by atoms with van der Waals surface area (Å²) >= 11 is 6.40. The average molecular weight is 452 g/mol. The van der Waals surface area contributed by atoms with E-state index >= 15 is 0 Å². The molecule has 0 unspecified atom stereocenters. The third-order valence-corrected chi connectivity index (χ3v) is 7.91. The second-order valence-corrected chi connectivity index (χ2v) is 9.25. The van der Waals surface area contributed by atoms with E-state index in [1.54, 1.807) is 30.3 Å². The van der Waals surface area contributed by atoms with Crippen LogP contribution < -0.4 is 19.7 Å². The molecule has 0 saturated carbocycles. The van der Waals surface area contributed by atoms with Crippen LogP contribution in [0.2, 0.25) is 5.02 Å². The lowest BCUT2D eigenvalue weighted by Crippen LogP contribution is -2.54. The topological polar surface area (TPSA) is 88.2 Å². The van der Waals surface area contributed by atoms with Gasteiger partial charge in [-0.15, -0.1) is 0 Å². The molecule has 8 nitrogen and oxygen atoms in total. The average Bonchev–Trinajstić information content (AvgIpc) is 3.55. The van der Waals surface area contributed by atoms with Crippen LogP contribution in [0.1, 0.15) is 18.4 Å². The van der Waals surface area contributed by atoms with Crippen LogP contribution in [-0.2, 0) is 19.9 Å². The van der Waals surface area contributed by atoms with Gasteiger partial charge in [0, 0.05) is 17.7 Å². The molecule has 162 valence electrons. The van der Waals surface area contributed by atoms with Crippen LogP contribution in [0.4, 0.5) is 11.4 Å². The molecule has 3 fully saturated rings. The summed E-state index contributed by atoms with van der Waals surface area (Å²) in [6.07, 6.45) is 1.63. The van der Waals surface area contributed by atoms with Crippen molar-refractivity contribution >= 4 is 40.7 Å². The quantitative estimate of drug-likeness (QED) is 0.670. The Morgan fingerprint density at radius 3 is 2.78 bits per heavy atom. The van der Waals surface area contributed by atoms with Crippen LogP contribution in [-0.4, -0.2) is 42.0 Å². The van der Waals surface area contributed by atoms with Crippen LogP contribution in [0.5, 0.6) is 11.5 Å². The standard InChI is InChI=1S/C23H18ClN3O5/c24-13-4-1-3-12-19(13)25-22(30)23(12)18-17(14-5-2-8-26(14)23)20(28)27(21(18)29)11-6-7-15-16(9-11)32-10-31-15/h1,3-4,6-7,9,14,17-18H,2,5,8,10H2,(H,25,30)/t14-,17-,18-,23+/m1/s1. The number of benzene rings is 2. The molecule has 3 saturated heterocycles. The van der Waals surface area contributed by atoms with Gasteiger partial charge in [-0.25, -0.2) is 4.90 Å². The van der Waals surface area contributed by atoms with Crippen molar-refractivity contribution in [3.05, 3.63) is 47.0 Å². The zero-order chi connectivity index (χ0) is 21.8. The van der Waals surface area contributed by atoms with Crippen molar-refractivity contribution in [1.82, 2.24) is 4.90 Å². The number of hydrogen-bond donors (Lipinski definition) is 1. The lowest BCUT2D eigenvalue weighted by Gasteiger charge is -2.36. The molecule has 0 bridgehead atoms. The van der Waals surface area contributed by atoms with Crippen molar-refractivity contribution in [2.75, 3.05) is 23.6 Å². The molecule has 0 radical (unpaired) electrons. The Kier molecular flexibility index (Phi) is 3.48. The van der Waals surface area contributed by atoms with Gasteiger partial charge in [0.15, 0.2) is 11.5 Å². The first kappa shape index (κ1) is 18.5. The second kappa shape index (κ2) is 6.02. The van der Waals surface area contributed by atoms with E-state index in [4.69, 9.17) is 21.1 Å². The number of fused-ring (bicyclic) bond motifs is 8. The lowest BCUT2D eigenvalue weighted by molar-refractivity contribution is -0.135. The summed E-state index contributed by atoms with van der Waals surface area (Å²) < 4.78 is 10.8. The number of hydrogen-bond acceptors (Lipinski definition) is 6. The van der Waals surface area contributed by atoms with E-state index in [9.17, 15) is 14.4 Å². The van der Waals surface area contributed by atoms with Crippen LogP contribution in [0, 0.1) is 11.8 Å². The minimum atomic E-state index is -1.23. The van der Waals surface area contributed by atoms with Crippen molar-refractivity contribution in [2.45, 2.75) is 24.4 Å². The van der Waals surface area contributed by atoms with Gasteiger partial charge < -0.3 is 14.8 Å². The maximum atomic E-state index is 13.9. The van der Waals surface area contributed by atoms with Crippen molar-refractivity contribution in [3.8, 4) is 11.5 Å². The molecule has 1 spiro atoms. The van der Waals surface area contributed by atoms with Gasteiger partial charge in [-0.3, -0.25) is 19.3 Å². The van der Waals surface area contributed by atoms with E-state index in [0.29, 0.717) is 40.0 Å². The summed E-state index contributed by atoms with van der Waals surface area (Å²) in [7, 11) is 0. The second-order valence-electron chi connectivity index (χ2n) is 8.84. The first-order valence-corrected chi connectivity index (χ1v) is 11.1. The highest BCUT2D eigenvalue weighted by molar-refractivity contribution is 6.35. The molecule has 2 aromatic carbocycles. The number of anilines is 2. The van der Waals surface area contributed by atoms with E-state index in [1.165, 1.54) is 4.90 Å². The number of carbonyl (C=O) groups is 3. The molecule has 0 aliphatic carbocycles. The Morgan fingerprint density at radius 1 is 1.06 bits per heavy atom. The van der Waals surface area contributed by atoms with Gasteiger partial charge in [0.05, 0.1) is 28.2 Å². The zero-order valence-electron chi connectivity index (χ0n) is 16.8. The fourth-order valence-corrected chi connectivity index (χ4v) is 6.70. The maximum Gasteiger partial charge on any atom is 0.250 e. The smallest absolute Gasteiger partial charge is 0.250 e. The number of halogens is 1. The fourth-order valence-electron chi connectivity index (χ4n) is 6.47. The summed E-state index contributed by atoms with van der Waals surface area (Å²) in [6, 6.07) is 10.2. The number of ether oxygens (including phenoxy) is 2. The highest BCUT2D eigenvalue weighted by atomic mass is 35.5. The van der Waals surface area contributed by atoms with Gasteiger partial charge in [0.25, 0.3) is 5.91 Å². The first-order chi connectivity index (χ1) is 15.5. The molecule has 2 aromatic rings. The molecular weight excluding hydrogens is 434 g/mol. The Labute approximate surface area is 188 Å². The Hall–Kier alpha value is -3.10. The van der Waals surface area contributed by atoms with Crippen molar-refractivity contribution in [3.63, 3.8) is 0 Å². The van der Waals surface area contributed by atoms with Gasteiger partial charge >= 0.3 is 0 Å². The number of amides is 3. The number of para-hydroxylation sites is 1. The molecular formula is C23H18ClN3O5. The van der Waals surface area contributed by atoms with Gasteiger partial charge in [0.2, 0.25) is 18.6 Å². The van der Waals surface area contributed by atoms with Gasteiger partial charge in [-0.1, -0.05) is 23.7 Å². The van der Waals surface area contributed by atoms with E-state index in [2.05, 4.69) is 10.2 Å². The molecule has 7 rings (SSSR count). The van der Waals surface area contributed by atoms with Crippen LogP contribution in [0.3, 0.4) is 0 Å². The highest BCUT2D eigenvalue weighted by Gasteiger charge is 2.74. The Balaban J connectivity index is 1.41. The normalized spacial score (nSPS) is 32.0. The van der Waals surface area contributed by atoms with Gasteiger partial charge in [0.1, 0.15) is 5.54 Å². The molecule has 5 heterocycles. The SMILES string of the molecule is O=C1[C@@H]2[C@H]3CCCN3[C@]3(C(=O)Nc4c(Cl)cccc43)[C@H]2C(=O)N1c1ccc2c(c1)OCO2. The Morgan fingerprint density at radius 2 is 1.91 bits per heavy atom. The summed E-state index contributed by atoms with van der Waals surface area (Å²) in [5.41, 5.74) is 0.419. The maximum absolute atomic E-state index is 13.9. The molecule has 3 amide bonds. The molecule has 5 aliphatic rings. The van der Waals surface area contributed by atoms with Crippen LogP contribution in [0.15, 0.2) is 36.4 Å². The molecule has 4 atom stereocenters. The summed E-state index contributed by atoms with van der Waals surface area (Å²) in [5.74, 6) is -1.25. The predicted octanol–water partition coefficient (Wildman–Crippen LogP) is 2.50. The lowest BCUT2D eigenvalue weighted by atomic mass is 9.75. The van der Waals surface area contributed by atoms with Gasteiger partial charge in [-0.2, -0.15) is 0 Å². The molecule has 9 heteroatoms. The van der Waals surface area contributed by atoms with E-state index in [-0.39, 0.29) is 30.6 Å². The zero-order valence-corrected chi connectivity index (χ0v) is 17.6. The highest BCUT2D eigenvalue weighted by Crippen LogP contribution is 2.61. The minimum absolute atomic E-state index is 0.101. The van der Waals surface area contributed by atoms with E-state index < -0.39 is 17.4 Å². The number of rotatable bonds is 1. The van der Waals surface area contributed by atoms with E-state index in [1.807, 2.05) is 6.07 Å². The summed E-state index contributed by atoms with van der Waals surface area (Å²) in [5, 5.41) is 3.34. The number of nitrogens with one attached hydrogen (secondary N) is 1. The number of carbonyl (C=O) groups excluding carboxylic acids is 3. The predicted molar refractivity (Wildman–Crippen MR) is 114 cm³/mol.